The minimum Gasteiger partial charge on any atom is -0.492 e. The summed E-state index contributed by atoms with van der Waals surface area (Å²) in [5.74, 6) is 1.51. The Balaban J connectivity index is 1.76. The second-order valence-electron chi connectivity index (χ2n) is 9.23. The Hall–Kier alpha value is -2.41. The van der Waals surface area contributed by atoms with Crippen molar-refractivity contribution in [3.8, 4) is 23.2 Å². The third-order valence-corrected chi connectivity index (χ3v) is 6.05. The maximum absolute atomic E-state index is 9.48. The Morgan fingerprint density at radius 2 is 1.44 bits per heavy atom. The summed E-state index contributed by atoms with van der Waals surface area (Å²) < 4.78 is 5.90. The molecule has 1 heterocycles. The van der Waals surface area contributed by atoms with Crippen LogP contribution in [0.4, 0.5) is 0 Å². The van der Waals surface area contributed by atoms with E-state index in [9.17, 15) is 5.26 Å². The molecule has 1 unspecified atom stereocenters. The van der Waals surface area contributed by atoms with Crippen molar-refractivity contribution in [2.24, 2.45) is 5.41 Å². The molecule has 0 aliphatic heterocycles. The Morgan fingerprint density at radius 3 is 2.03 bits per heavy atom. The molecule has 0 saturated carbocycles. The first kappa shape index (κ1) is 25.8. The van der Waals surface area contributed by atoms with E-state index in [1.807, 2.05) is 43.6 Å². The molecular weight excluding hydrogens is 394 g/mol. The van der Waals surface area contributed by atoms with Crippen LogP contribution in [0.25, 0.3) is 11.4 Å². The second kappa shape index (κ2) is 14.6. The van der Waals surface area contributed by atoms with Gasteiger partial charge in [-0.15, -0.1) is 0 Å². The van der Waals surface area contributed by atoms with Gasteiger partial charge in [-0.2, -0.15) is 5.26 Å². The van der Waals surface area contributed by atoms with Crippen LogP contribution in [0.3, 0.4) is 0 Å². The Labute approximate surface area is 195 Å². The number of unbranched alkanes of at least 4 members (excludes halogenated alkanes) is 8. The lowest BCUT2D eigenvalue weighted by Gasteiger charge is -2.21. The maximum Gasteiger partial charge on any atom is 0.159 e. The molecule has 174 valence electrons. The quantitative estimate of drug-likeness (QED) is 0.251. The van der Waals surface area contributed by atoms with E-state index in [2.05, 4.69) is 29.9 Å². The van der Waals surface area contributed by atoms with Crippen molar-refractivity contribution in [3.05, 3.63) is 42.2 Å². The third-order valence-electron chi connectivity index (χ3n) is 6.05. The molecule has 1 aromatic carbocycles. The number of ether oxygens (including phenoxy) is 1. The maximum atomic E-state index is 9.48. The van der Waals surface area contributed by atoms with E-state index in [1.54, 1.807) is 0 Å². The molecule has 0 radical (unpaired) electrons. The van der Waals surface area contributed by atoms with Crippen LogP contribution in [-0.4, -0.2) is 16.6 Å². The van der Waals surface area contributed by atoms with Crippen molar-refractivity contribution in [1.82, 2.24) is 9.97 Å². The van der Waals surface area contributed by atoms with Crippen LogP contribution in [0.5, 0.6) is 5.75 Å². The number of rotatable bonds is 16. The Morgan fingerprint density at radius 1 is 0.844 bits per heavy atom. The van der Waals surface area contributed by atoms with E-state index in [4.69, 9.17) is 4.74 Å². The average molecular weight is 436 g/mol. The number of aryl methyl sites for hydroxylation is 1. The van der Waals surface area contributed by atoms with Gasteiger partial charge in [0.05, 0.1) is 11.5 Å². The van der Waals surface area contributed by atoms with Gasteiger partial charge in [-0.05, 0) is 56.0 Å². The molecule has 2 rings (SSSR count). The zero-order valence-corrected chi connectivity index (χ0v) is 20.4. The summed E-state index contributed by atoms with van der Waals surface area (Å²) in [5.41, 5.74) is 1.75. The molecule has 0 N–H and O–H groups in total. The molecule has 4 nitrogen and oxygen atoms in total. The number of hydrogen-bond donors (Lipinski definition) is 0. The highest BCUT2D eigenvalue weighted by molar-refractivity contribution is 5.55. The fourth-order valence-corrected chi connectivity index (χ4v) is 3.77. The van der Waals surface area contributed by atoms with Crippen molar-refractivity contribution in [2.75, 3.05) is 6.61 Å². The summed E-state index contributed by atoms with van der Waals surface area (Å²) in [6, 6.07) is 10.3. The highest BCUT2D eigenvalue weighted by atomic mass is 16.5. The van der Waals surface area contributed by atoms with Crippen molar-refractivity contribution in [2.45, 2.75) is 97.8 Å². The van der Waals surface area contributed by atoms with Gasteiger partial charge in [-0.1, -0.05) is 71.6 Å². The van der Waals surface area contributed by atoms with E-state index >= 15 is 0 Å². The van der Waals surface area contributed by atoms with Gasteiger partial charge in [0.1, 0.15) is 12.4 Å². The molecule has 0 aliphatic carbocycles. The molecule has 0 saturated heterocycles. The van der Waals surface area contributed by atoms with Gasteiger partial charge in [-0.3, -0.25) is 0 Å². The number of benzene rings is 1. The van der Waals surface area contributed by atoms with Crippen LogP contribution >= 0.6 is 0 Å². The fraction of sp³-hybridized carbons (Fsp3) is 0.607. The number of hydrogen-bond acceptors (Lipinski definition) is 4. The van der Waals surface area contributed by atoms with E-state index in [0.29, 0.717) is 6.61 Å². The third kappa shape index (κ3) is 9.39. The van der Waals surface area contributed by atoms with E-state index in [1.165, 1.54) is 56.9 Å². The zero-order chi connectivity index (χ0) is 23.1. The summed E-state index contributed by atoms with van der Waals surface area (Å²) in [6.45, 7) is 6.79. The predicted molar refractivity (Wildman–Crippen MR) is 133 cm³/mol. The summed E-state index contributed by atoms with van der Waals surface area (Å²) in [5, 5.41) is 9.48. The molecule has 2 aromatic rings. The summed E-state index contributed by atoms with van der Waals surface area (Å²) in [6.07, 6.45) is 18.6. The molecule has 32 heavy (non-hydrogen) atoms. The molecule has 0 amide bonds. The minimum atomic E-state index is -0.442. The number of nitriles is 1. The van der Waals surface area contributed by atoms with Crippen LogP contribution in [0.15, 0.2) is 36.7 Å². The van der Waals surface area contributed by atoms with Gasteiger partial charge in [0, 0.05) is 18.0 Å². The van der Waals surface area contributed by atoms with E-state index in [0.717, 1.165) is 42.8 Å². The lowest BCUT2D eigenvalue weighted by molar-refractivity contribution is 0.199. The lowest BCUT2D eigenvalue weighted by atomic mass is 9.87. The molecule has 1 atom stereocenters. The van der Waals surface area contributed by atoms with Gasteiger partial charge in [0.25, 0.3) is 0 Å². The van der Waals surface area contributed by atoms with Crippen LogP contribution in [0.1, 0.15) is 97.0 Å². The average Bonchev–Trinajstić information content (AvgIpc) is 2.84. The summed E-state index contributed by atoms with van der Waals surface area (Å²) in [7, 11) is 0. The van der Waals surface area contributed by atoms with E-state index in [-0.39, 0.29) is 0 Å². The van der Waals surface area contributed by atoms with Crippen LogP contribution < -0.4 is 4.74 Å². The molecular formula is C28H41N3O. The first-order valence-corrected chi connectivity index (χ1v) is 12.6. The number of nitrogens with zero attached hydrogens (tertiary/aromatic N) is 3. The van der Waals surface area contributed by atoms with Crippen LogP contribution in [0, 0.1) is 16.7 Å². The largest absolute Gasteiger partial charge is 0.492 e. The van der Waals surface area contributed by atoms with Crippen molar-refractivity contribution >= 4 is 0 Å². The minimum absolute atomic E-state index is 0.410. The SMILES string of the molecule is CCCCCCCCCCc1cnc(-c2ccc(OCC(C)(C#N)CCCC)cc2)nc1. The monoisotopic (exact) mass is 435 g/mol. The smallest absolute Gasteiger partial charge is 0.159 e. The highest BCUT2D eigenvalue weighted by Crippen LogP contribution is 2.26. The first-order valence-electron chi connectivity index (χ1n) is 12.6. The zero-order valence-electron chi connectivity index (χ0n) is 20.4. The van der Waals surface area contributed by atoms with Gasteiger partial charge in [0.2, 0.25) is 0 Å². The lowest BCUT2D eigenvalue weighted by Crippen LogP contribution is -2.23. The van der Waals surface area contributed by atoms with Gasteiger partial charge in [0.15, 0.2) is 5.82 Å². The first-order chi connectivity index (χ1) is 15.6. The van der Waals surface area contributed by atoms with Crippen LogP contribution in [-0.2, 0) is 6.42 Å². The van der Waals surface area contributed by atoms with Crippen molar-refractivity contribution in [3.63, 3.8) is 0 Å². The Kier molecular flexibility index (Phi) is 11.8. The number of aromatic nitrogens is 2. The molecule has 0 bridgehead atoms. The summed E-state index contributed by atoms with van der Waals surface area (Å²) >= 11 is 0. The summed E-state index contributed by atoms with van der Waals surface area (Å²) in [4.78, 5) is 9.13. The Bertz CT molecular complexity index is 795. The fourth-order valence-electron chi connectivity index (χ4n) is 3.77. The van der Waals surface area contributed by atoms with Crippen LogP contribution in [0.2, 0.25) is 0 Å². The molecule has 0 fully saturated rings. The standard InChI is InChI=1S/C28H41N3O/c1-4-6-8-9-10-11-12-13-14-24-20-30-27(31-21-24)25-15-17-26(18-16-25)32-23-28(3,22-29)19-7-5-2/h15-18,20-21H,4-14,19,23H2,1-3H3. The van der Waals surface area contributed by atoms with Gasteiger partial charge < -0.3 is 4.74 Å². The predicted octanol–water partition coefficient (Wildman–Crippen LogP) is 7.93. The normalized spacial score (nSPS) is 12.8. The van der Waals surface area contributed by atoms with E-state index < -0.39 is 5.41 Å². The molecule has 0 aliphatic rings. The van der Waals surface area contributed by atoms with Crippen molar-refractivity contribution in [1.29, 1.82) is 5.26 Å². The van der Waals surface area contributed by atoms with Crippen molar-refractivity contribution < 1.29 is 4.74 Å². The topological polar surface area (TPSA) is 58.8 Å². The second-order valence-corrected chi connectivity index (χ2v) is 9.23. The highest BCUT2D eigenvalue weighted by Gasteiger charge is 2.24. The molecule has 1 aromatic heterocycles. The van der Waals surface area contributed by atoms with Gasteiger partial charge >= 0.3 is 0 Å². The molecule has 0 spiro atoms. The van der Waals surface area contributed by atoms with Gasteiger partial charge in [-0.25, -0.2) is 9.97 Å². The molecule has 4 heteroatoms.